The van der Waals surface area contributed by atoms with Gasteiger partial charge in [0.25, 0.3) is 0 Å². The van der Waals surface area contributed by atoms with Crippen LogP contribution in [0.2, 0.25) is 0 Å². The Morgan fingerprint density at radius 1 is 1.10 bits per heavy atom. The van der Waals surface area contributed by atoms with Crippen molar-refractivity contribution in [3.63, 3.8) is 0 Å². The van der Waals surface area contributed by atoms with Gasteiger partial charge in [0.05, 0.1) is 0 Å². The highest BCUT2D eigenvalue weighted by molar-refractivity contribution is 5.39. The number of hydrogen-bond donors (Lipinski definition) is 0. The van der Waals surface area contributed by atoms with Gasteiger partial charge in [-0.3, -0.25) is 0 Å². The molecule has 1 aliphatic carbocycles. The van der Waals surface area contributed by atoms with Gasteiger partial charge >= 0.3 is 0 Å². The third-order valence-electron chi connectivity index (χ3n) is 4.66. The molecule has 4 rings (SSSR count). The summed E-state index contributed by atoms with van der Waals surface area (Å²) in [5.74, 6) is 3.81. The Kier molecular flexibility index (Phi) is 3.37. The normalized spacial score (nSPS) is 22.5. The number of aromatic nitrogens is 3. The van der Waals surface area contributed by atoms with E-state index in [0.717, 1.165) is 31.4 Å². The van der Waals surface area contributed by atoms with Crippen LogP contribution in [0.5, 0.6) is 0 Å². The highest BCUT2D eigenvalue weighted by Crippen LogP contribution is 2.33. The molecule has 110 valence electrons. The molecule has 1 saturated heterocycles. The first kappa shape index (κ1) is 12.9. The van der Waals surface area contributed by atoms with Crippen LogP contribution < -0.4 is 4.90 Å². The molecule has 21 heavy (non-hydrogen) atoms. The Morgan fingerprint density at radius 2 is 2.05 bits per heavy atom. The molecule has 1 atom stereocenters. The summed E-state index contributed by atoms with van der Waals surface area (Å²) in [6.07, 6.45) is 11.3. The van der Waals surface area contributed by atoms with Crippen LogP contribution in [-0.2, 0) is 6.54 Å². The van der Waals surface area contributed by atoms with Gasteiger partial charge in [-0.15, -0.1) is 0 Å². The van der Waals surface area contributed by atoms with Gasteiger partial charge in [0.15, 0.2) is 0 Å². The fraction of sp³-hybridized carbons (Fsp3) is 0.529. The Bertz CT molecular complexity index is 588. The summed E-state index contributed by atoms with van der Waals surface area (Å²) in [6.45, 7) is 3.31. The number of piperidine rings is 1. The molecule has 0 spiro atoms. The molecule has 4 nitrogen and oxygen atoms in total. The summed E-state index contributed by atoms with van der Waals surface area (Å²) in [5, 5.41) is 0. The molecule has 0 aromatic carbocycles. The van der Waals surface area contributed by atoms with Crippen LogP contribution in [-0.4, -0.2) is 27.6 Å². The molecular formula is C17H22N4. The van der Waals surface area contributed by atoms with Crippen molar-refractivity contribution < 1.29 is 0 Å². The Labute approximate surface area is 125 Å². The first-order valence-corrected chi connectivity index (χ1v) is 8.07. The Hall–Kier alpha value is -1.84. The smallest absolute Gasteiger partial charge is 0.128 e. The van der Waals surface area contributed by atoms with Crippen molar-refractivity contribution in [1.29, 1.82) is 0 Å². The number of pyridine rings is 1. The van der Waals surface area contributed by atoms with E-state index in [2.05, 4.69) is 37.8 Å². The van der Waals surface area contributed by atoms with Crippen LogP contribution in [0, 0.1) is 5.92 Å². The average molecular weight is 282 g/mol. The molecule has 0 radical (unpaired) electrons. The maximum Gasteiger partial charge on any atom is 0.128 e. The van der Waals surface area contributed by atoms with Gasteiger partial charge in [0.1, 0.15) is 11.6 Å². The monoisotopic (exact) mass is 282 g/mol. The molecule has 0 amide bonds. The summed E-state index contributed by atoms with van der Waals surface area (Å²) in [7, 11) is 0. The van der Waals surface area contributed by atoms with E-state index >= 15 is 0 Å². The molecule has 2 fully saturated rings. The highest BCUT2D eigenvalue weighted by atomic mass is 15.2. The van der Waals surface area contributed by atoms with Crippen molar-refractivity contribution in [2.24, 2.45) is 5.92 Å². The second-order valence-corrected chi connectivity index (χ2v) is 6.35. The first-order chi connectivity index (χ1) is 10.4. The summed E-state index contributed by atoms with van der Waals surface area (Å²) in [4.78, 5) is 11.6. The van der Waals surface area contributed by atoms with Crippen molar-refractivity contribution in [2.45, 2.75) is 38.1 Å². The standard InChI is InChI=1S/C17H22N4/c1-2-8-18-16(5-1)20-10-3-4-15(13-20)17-19-9-11-21(17)12-14-6-7-14/h1-2,5,8-9,11,14-15H,3-4,6-7,10,12-13H2. The minimum atomic E-state index is 0.537. The summed E-state index contributed by atoms with van der Waals surface area (Å²) in [5.41, 5.74) is 0. The van der Waals surface area contributed by atoms with Crippen molar-refractivity contribution in [3.8, 4) is 0 Å². The summed E-state index contributed by atoms with van der Waals surface area (Å²) < 4.78 is 2.39. The number of hydrogen-bond acceptors (Lipinski definition) is 3. The van der Waals surface area contributed by atoms with Gasteiger partial charge in [-0.2, -0.15) is 0 Å². The molecule has 0 bridgehead atoms. The molecular weight excluding hydrogens is 260 g/mol. The minimum Gasteiger partial charge on any atom is -0.356 e. The van der Waals surface area contributed by atoms with E-state index in [4.69, 9.17) is 0 Å². The number of imidazole rings is 1. The average Bonchev–Trinajstić information content (AvgIpc) is 3.24. The van der Waals surface area contributed by atoms with E-state index in [-0.39, 0.29) is 0 Å². The van der Waals surface area contributed by atoms with Gasteiger partial charge in [-0.05, 0) is 43.7 Å². The minimum absolute atomic E-state index is 0.537. The van der Waals surface area contributed by atoms with E-state index in [1.54, 1.807) is 0 Å². The largest absolute Gasteiger partial charge is 0.356 e. The van der Waals surface area contributed by atoms with E-state index in [0.29, 0.717) is 5.92 Å². The zero-order valence-corrected chi connectivity index (χ0v) is 12.4. The van der Waals surface area contributed by atoms with Crippen molar-refractivity contribution >= 4 is 5.82 Å². The van der Waals surface area contributed by atoms with Crippen LogP contribution in [0.1, 0.15) is 37.4 Å². The van der Waals surface area contributed by atoms with Gasteiger partial charge < -0.3 is 9.47 Å². The van der Waals surface area contributed by atoms with Crippen molar-refractivity contribution in [2.75, 3.05) is 18.0 Å². The molecule has 2 aromatic rings. The second-order valence-electron chi connectivity index (χ2n) is 6.35. The maximum absolute atomic E-state index is 4.66. The van der Waals surface area contributed by atoms with Gasteiger partial charge in [0.2, 0.25) is 0 Å². The maximum atomic E-state index is 4.66. The highest BCUT2D eigenvalue weighted by Gasteiger charge is 2.28. The zero-order valence-electron chi connectivity index (χ0n) is 12.4. The Balaban J connectivity index is 1.51. The topological polar surface area (TPSA) is 34.0 Å². The zero-order chi connectivity index (χ0) is 14.1. The molecule has 1 saturated carbocycles. The van der Waals surface area contributed by atoms with Gasteiger partial charge in [-0.25, -0.2) is 9.97 Å². The lowest BCUT2D eigenvalue weighted by Gasteiger charge is -2.33. The summed E-state index contributed by atoms with van der Waals surface area (Å²) in [6, 6.07) is 6.16. The fourth-order valence-corrected chi connectivity index (χ4v) is 3.35. The molecule has 1 unspecified atom stereocenters. The van der Waals surface area contributed by atoms with Gasteiger partial charge in [0, 0.05) is 44.1 Å². The molecule has 2 aromatic heterocycles. The third kappa shape index (κ3) is 2.80. The lowest BCUT2D eigenvalue weighted by molar-refractivity contribution is 0.462. The lowest BCUT2D eigenvalue weighted by atomic mass is 9.97. The molecule has 3 heterocycles. The predicted octanol–water partition coefficient (Wildman–Crippen LogP) is 3.07. The second kappa shape index (κ2) is 5.51. The quantitative estimate of drug-likeness (QED) is 0.864. The van der Waals surface area contributed by atoms with Crippen molar-refractivity contribution in [1.82, 2.24) is 14.5 Å². The van der Waals surface area contributed by atoms with Crippen LogP contribution in [0.15, 0.2) is 36.8 Å². The van der Waals surface area contributed by atoms with E-state index < -0.39 is 0 Å². The molecule has 4 heteroatoms. The van der Waals surface area contributed by atoms with Gasteiger partial charge in [-0.1, -0.05) is 6.07 Å². The van der Waals surface area contributed by atoms with Crippen LogP contribution >= 0.6 is 0 Å². The fourth-order valence-electron chi connectivity index (χ4n) is 3.35. The first-order valence-electron chi connectivity index (χ1n) is 8.07. The van der Waals surface area contributed by atoms with Crippen LogP contribution in [0.4, 0.5) is 5.82 Å². The van der Waals surface area contributed by atoms with E-state index in [9.17, 15) is 0 Å². The molecule has 1 aliphatic heterocycles. The molecule has 0 N–H and O–H groups in total. The van der Waals surface area contributed by atoms with Crippen LogP contribution in [0.25, 0.3) is 0 Å². The third-order valence-corrected chi connectivity index (χ3v) is 4.66. The Morgan fingerprint density at radius 3 is 2.86 bits per heavy atom. The summed E-state index contributed by atoms with van der Waals surface area (Å²) >= 11 is 0. The van der Waals surface area contributed by atoms with E-state index in [1.165, 1.54) is 31.5 Å². The predicted molar refractivity (Wildman–Crippen MR) is 83.4 cm³/mol. The van der Waals surface area contributed by atoms with E-state index in [1.807, 2.05) is 18.5 Å². The number of anilines is 1. The molecule has 2 aliphatic rings. The number of nitrogens with zero attached hydrogens (tertiary/aromatic N) is 4. The van der Waals surface area contributed by atoms with Crippen LogP contribution in [0.3, 0.4) is 0 Å². The number of rotatable bonds is 4. The SMILES string of the molecule is c1ccc(N2CCCC(c3nccn3CC3CC3)C2)nc1. The lowest BCUT2D eigenvalue weighted by Crippen LogP contribution is -2.35. The van der Waals surface area contributed by atoms with Crippen molar-refractivity contribution in [3.05, 3.63) is 42.6 Å².